The van der Waals surface area contributed by atoms with Crippen LogP contribution in [0.2, 0.25) is 0 Å². The summed E-state index contributed by atoms with van der Waals surface area (Å²) < 4.78 is 30.8. The van der Waals surface area contributed by atoms with E-state index < -0.39 is 39.6 Å². The van der Waals surface area contributed by atoms with Crippen molar-refractivity contribution in [1.82, 2.24) is 10.0 Å². The van der Waals surface area contributed by atoms with Crippen LogP contribution in [0.25, 0.3) is 0 Å². The van der Waals surface area contributed by atoms with Crippen LogP contribution >= 0.6 is 21.6 Å². The van der Waals surface area contributed by atoms with Crippen molar-refractivity contribution in [1.29, 1.82) is 0 Å². The zero-order chi connectivity index (χ0) is 20.2. The third-order valence-electron chi connectivity index (χ3n) is 3.54. The highest BCUT2D eigenvalue weighted by Gasteiger charge is 2.48. The molecule has 1 aromatic rings. The molecule has 0 saturated carbocycles. The van der Waals surface area contributed by atoms with Gasteiger partial charge < -0.3 is 4.84 Å². The summed E-state index contributed by atoms with van der Waals surface area (Å²) in [7, 11) is -1.77. The molecule has 1 N–H and O–H groups in total. The third kappa shape index (κ3) is 6.19. The van der Waals surface area contributed by atoms with E-state index in [-0.39, 0.29) is 16.2 Å². The van der Waals surface area contributed by atoms with E-state index in [1.165, 1.54) is 21.6 Å². The SMILES string of the molecule is CC(C)(CCC(=O)ON1C(=O)CC(S(=O)(=O)O)C1=O)SSc1ccccn1. The van der Waals surface area contributed by atoms with Crippen LogP contribution in [-0.4, -0.2) is 50.8 Å². The third-order valence-corrected chi connectivity index (χ3v) is 7.89. The molecule has 1 aromatic heterocycles. The largest absolute Gasteiger partial charge is 0.333 e. The number of amides is 2. The van der Waals surface area contributed by atoms with Crippen LogP contribution in [0.1, 0.15) is 33.1 Å². The Kier molecular flexibility index (Phi) is 6.89. The summed E-state index contributed by atoms with van der Waals surface area (Å²) in [5, 5.41) is -0.994. The Morgan fingerprint density at radius 1 is 1.41 bits per heavy atom. The van der Waals surface area contributed by atoms with Crippen LogP contribution in [0.15, 0.2) is 29.4 Å². The van der Waals surface area contributed by atoms with Crippen molar-refractivity contribution in [3.8, 4) is 0 Å². The van der Waals surface area contributed by atoms with Crippen molar-refractivity contribution in [2.75, 3.05) is 0 Å². The number of rotatable bonds is 8. The van der Waals surface area contributed by atoms with Gasteiger partial charge in [-0.3, -0.25) is 14.1 Å². The number of carbonyl (C=O) groups excluding carboxylic acids is 3. The van der Waals surface area contributed by atoms with Gasteiger partial charge in [0.2, 0.25) is 0 Å². The van der Waals surface area contributed by atoms with E-state index in [0.717, 1.165) is 5.03 Å². The van der Waals surface area contributed by atoms with Gasteiger partial charge in [-0.2, -0.15) is 8.42 Å². The van der Waals surface area contributed by atoms with Gasteiger partial charge >= 0.3 is 5.97 Å². The lowest BCUT2D eigenvalue weighted by molar-refractivity contribution is -0.197. The van der Waals surface area contributed by atoms with Crippen molar-refractivity contribution < 1.29 is 32.2 Å². The predicted molar refractivity (Wildman–Crippen MR) is 98.9 cm³/mol. The maximum absolute atomic E-state index is 12.0. The quantitative estimate of drug-likeness (QED) is 0.367. The van der Waals surface area contributed by atoms with Crippen LogP contribution in [0.5, 0.6) is 0 Å². The molecule has 1 unspecified atom stereocenters. The van der Waals surface area contributed by atoms with E-state index in [1.54, 1.807) is 6.20 Å². The van der Waals surface area contributed by atoms with E-state index in [0.29, 0.717) is 6.42 Å². The monoisotopic (exact) mass is 434 g/mol. The second kappa shape index (κ2) is 8.59. The molecule has 9 nitrogen and oxygen atoms in total. The molecule has 1 aliphatic rings. The smallest absolute Gasteiger partial charge is 0.330 e. The number of aromatic nitrogens is 1. The molecule has 2 heterocycles. The summed E-state index contributed by atoms with van der Waals surface area (Å²) in [6, 6.07) is 5.53. The number of hydrogen-bond donors (Lipinski definition) is 1. The molecule has 1 saturated heterocycles. The number of hydroxylamine groups is 2. The standard InChI is InChI=1S/C15H18N2O7S3/c1-15(2,26-25-11-5-3-4-8-16-11)7-6-13(19)24-17-12(18)9-10(14(17)20)27(21,22)23/h3-5,8,10H,6-7,9H2,1-2H3,(H,21,22,23). The fraction of sp³-hybridized carbons (Fsp3) is 0.467. The van der Waals surface area contributed by atoms with Gasteiger partial charge in [-0.05, 0) is 43.2 Å². The highest BCUT2D eigenvalue weighted by molar-refractivity contribution is 8.77. The Morgan fingerprint density at radius 3 is 2.67 bits per heavy atom. The lowest BCUT2D eigenvalue weighted by atomic mass is 10.1. The lowest BCUT2D eigenvalue weighted by Crippen LogP contribution is -2.36. The fourth-order valence-electron chi connectivity index (χ4n) is 2.06. The Bertz CT molecular complexity index is 827. The molecule has 2 rings (SSSR count). The first-order valence-corrected chi connectivity index (χ1v) is 11.5. The summed E-state index contributed by atoms with van der Waals surface area (Å²) in [5.41, 5.74) is 0. The highest BCUT2D eigenvalue weighted by Crippen LogP contribution is 2.42. The normalized spacial score (nSPS) is 18.0. The summed E-state index contributed by atoms with van der Waals surface area (Å²) in [6.07, 6.45) is 1.22. The highest BCUT2D eigenvalue weighted by atomic mass is 33.1. The van der Waals surface area contributed by atoms with E-state index >= 15 is 0 Å². The van der Waals surface area contributed by atoms with Crippen molar-refractivity contribution in [2.45, 2.75) is 48.1 Å². The van der Waals surface area contributed by atoms with E-state index in [1.807, 2.05) is 32.0 Å². The minimum Gasteiger partial charge on any atom is -0.330 e. The number of nitrogens with zero attached hydrogens (tertiary/aromatic N) is 2. The summed E-state index contributed by atoms with van der Waals surface area (Å²) in [4.78, 5) is 44.4. The average Bonchev–Trinajstić information content (AvgIpc) is 2.88. The minimum absolute atomic E-state index is 0.0869. The van der Waals surface area contributed by atoms with Crippen LogP contribution in [0.3, 0.4) is 0 Å². The molecule has 1 aliphatic heterocycles. The van der Waals surface area contributed by atoms with Crippen LogP contribution in [0.4, 0.5) is 0 Å². The maximum Gasteiger partial charge on any atom is 0.333 e. The number of carbonyl (C=O) groups is 3. The van der Waals surface area contributed by atoms with E-state index in [4.69, 9.17) is 9.39 Å². The van der Waals surface area contributed by atoms with Gasteiger partial charge in [0.05, 0.1) is 6.42 Å². The van der Waals surface area contributed by atoms with Crippen molar-refractivity contribution in [3.63, 3.8) is 0 Å². The Morgan fingerprint density at radius 2 is 2.11 bits per heavy atom. The number of imide groups is 1. The molecule has 0 bridgehead atoms. The predicted octanol–water partition coefficient (Wildman–Crippen LogP) is 1.85. The van der Waals surface area contributed by atoms with Gasteiger partial charge in [0.15, 0.2) is 5.25 Å². The minimum atomic E-state index is -4.74. The van der Waals surface area contributed by atoms with Crippen LogP contribution in [-0.2, 0) is 29.3 Å². The zero-order valence-electron chi connectivity index (χ0n) is 14.5. The first-order valence-electron chi connectivity index (χ1n) is 7.80. The molecule has 0 aliphatic carbocycles. The topological polar surface area (TPSA) is 131 Å². The van der Waals surface area contributed by atoms with Crippen LogP contribution in [0, 0.1) is 0 Å². The van der Waals surface area contributed by atoms with Crippen molar-refractivity contribution in [3.05, 3.63) is 24.4 Å². The van der Waals surface area contributed by atoms with Gasteiger partial charge in [-0.15, -0.1) is 5.06 Å². The first-order chi connectivity index (χ1) is 12.5. The molecule has 0 spiro atoms. The average molecular weight is 435 g/mol. The first kappa shape index (κ1) is 21.7. The molecule has 1 fully saturated rings. The summed E-state index contributed by atoms with van der Waals surface area (Å²) in [5.74, 6) is -3.10. The molecule has 2 amide bonds. The van der Waals surface area contributed by atoms with Gasteiger partial charge in [0.25, 0.3) is 21.9 Å². The van der Waals surface area contributed by atoms with E-state index in [9.17, 15) is 22.8 Å². The number of hydrogen-bond acceptors (Lipinski definition) is 9. The van der Waals surface area contributed by atoms with Gasteiger partial charge in [0.1, 0.15) is 5.03 Å². The summed E-state index contributed by atoms with van der Waals surface area (Å²) in [6.45, 7) is 3.84. The Hall–Kier alpha value is -1.63. The van der Waals surface area contributed by atoms with Gasteiger partial charge in [0, 0.05) is 17.4 Å². The van der Waals surface area contributed by atoms with E-state index in [2.05, 4.69) is 4.98 Å². The fourth-order valence-corrected chi connectivity index (χ4v) is 4.97. The van der Waals surface area contributed by atoms with Gasteiger partial charge in [-0.25, -0.2) is 9.78 Å². The Balaban J connectivity index is 1.84. The van der Waals surface area contributed by atoms with Gasteiger partial charge in [-0.1, -0.05) is 16.9 Å². The molecular formula is C15H18N2O7S3. The second-order valence-corrected chi connectivity index (χ2v) is 10.7. The molecular weight excluding hydrogens is 416 g/mol. The summed E-state index contributed by atoms with van der Waals surface area (Å²) >= 11 is 0. The Labute approximate surface area is 164 Å². The van der Waals surface area contributed by atoms with Crippen molar-refractivity contribution in [2.24, 2.45) is 0 Å². The zero-order valence-corrected chi connectivity index (χ0v) is 17.0. The molecule has 12 heteroatoms. The molecule has 0 aromatic carbocycles. The van der Waals surface area contributed by atoms with Crippen LogP contribution < -0.4 is 0 Å². The number of pyridine rings is 1. The molecule has 148 valence electrons. The van der Waals surface area contributed by atoms with Crippen molar-refractivity contribution >= 4 is 49.5 Å². The molecule has 0 radical (unpaired) electrons. The lowest BCUT2D eigenvalue weighted by Gasteiger charge is -2.22. The molecule has 1 atom stereocenters. The second-order valence-electron chi connectivity index (χ2n) is 6.29. The maximum atomic E-state index is 12.0. The molecule has 27 heavy (non-hydrogen) atoms.